The highest BCUT2D eigenvalue weighted by molar-refractivity contribution is 6.12. The highest BCUT2D eigenvalue weighted by Crippen LogP contribution is 2.44. The van der Waals surface area contributed by atoms with Crippen LogP contribution in [0.15, 0.2) is 72.8 Å². The number of hydrogen-bond donors (Lipinski definition) is 0. The lowest BCUT2D eigenvalue weighted by Gasteiger charge is -2.21. The predicted octanol–water partition coefficient (Wildman–Crippen LogP) is 4.01. The number of hydrogen-bond acceptors (Lipinski definition) is 3. The quantitative estimate of drug-likeness (QED) is 0.235. The van der Waals surface area contributed by atoms with Crippen molar-refractivity contribution in [3.63, 3.8) is 0 Å². The van der Waals surface area contributed by atoms with Crippen molar-refractivity contribution >= 4 is 33.2 Å². The molecule has 1 aromatic heterocycles. The standard InChI is InChI=1S/C33H36N3O.BrH/c1-21-16-22(2)31(23(3)17-21)32-27-18-25(34(4)5)14-15-28(27)36(24-12-10-9-11-13-24)29-19-26(35(6)7)20-30(37-8)33(29)32;/h9-20H,1-8H3;1H/q+1;/p-1. The van der Waals surface area contributed by atoms with E-state index in [1.165, 1.54) is 38.9 Å². The smallest absolute Gasteiger partial charge is 0.225 e. The molecule has 0 fully saturated rings. The largest absolute Gasteiger partial charge is 1.00 e. The molecular weight excluding hydrogens is 534 g/mol. The minimum atomic E-state index is 0. The Morgan fingerprint density at radius 1 is 0.658 bits per heavy atom. The molecule has 0 atom stereocenters. The number of pyridine rings is 1. The second kappa shape index (κ2) is 10.7. The van der Waals surface area contributed by atoms with Crippen LogP contribution in [-0.2, 0) is 0 Å². The summed E-state index contributed by atoms with van der Waals surface area (Å²) < 4.78 is 8.53. The second-order valence-electron chi connectivity index (χ2n) is 10.4. The maximum absolute atomic E-state index is 6.15. The minimum Gasteiger partial charge on any atom is -1.00 e. The summed E-state index contributed by atoms with van der Waals surface area (Å²) in [5.74, 6) is 0.873. The maximum Gasteiger partial charge on any atom is 0.225 e. The highest BCUT2D eigenvalue weighted by atomic mass is 79.9. The van der Waals surface area contributed by atoms with E-state index < -0.39 is 0 Å². The second-order valence-corrected chi connectivity index (χ2v) is 10.4. The van der Waals surface area contributed by atoms with Crippen molar-refractivity contribution < 1.29 is 26.3 Å². The first-order valence-electron chi connectivity index (χ1n) is 12.7. The first-order valence-corrected chi connectivity index (χ1v) is 12.7. The lowest BCUT2D eigenvalue weighted by molar-refractivity contribution is -0.537. The number of aromatic nitrogens is 1. The van der Waals surface area contributed by atoms with Crippen molar-refractivity contribution in [2.45, 2.75) is 20.8 Å². The fourth-order valence-corrected chi connectivity index (χ4v) is 5.58. The maximum atomic E-state index is 6.15. The molecule has 0 radical (unpaired) electrons. The average molecular weight is 571 g/mol. The minimum absolute atomic E-state index is 0. The SMILES string of the molecule is COc1cc(N(C)C)cc2c1c(-c1c(C)cc(C)cc1C)c1cc(N(C)C)ccc1[n+]2-c1ccccc1.[Br-]. The van der Waals surface area contributed by atoms with E-state index in [1.807, 2.05) is 0 Å². The van der Waals surface area contributed by atoms with Crippen LogP contribution in [0.1, 0.15) is 16.7 Å². The van der Waals surface area contributed by atoms with Gasteiger partial charge in [0.1, 0.15) is 5.75 Å². The van der Waals surface area contributed by atoms with E-state index in [2.05, 4.69) is 136 Å². The number of aryl methyl sites for hydroxylation is 3. The van der Waals surface area contributed by atoms with Gasteiger partial charge in [-0.1, -0.05) is 35.9 Å². The predicted molar refractivity (Wildman–Crippen MR) is 158 cm³/mol. The van der Waals surface area contributed by atoms with E-state index in [9.17, 15) is 0 Å². The Morgan fingerprint density at radius 3 is 1.87 bits per heavy atom. The number of nitrogens with zero attached hydrogens (tertiary/aromatic N) is 3. The van der Waals surface area contributed by atoms with Gasteiger partial charge in [-0.25, -0.2) is 0 Å². The van der Waals surface area contributed by atoms with Crippen LogP contribution < -0.4 is 36.1 Å². The van der Waals surface area contributed by atoms with Crippen molar-refractivity contribution in [1.82, 2.24) is 0 Å². The Labute approximate surface area is 236 Å². The summed E-state index contributed by atoms with van der Waals surface area (Å²) in [6, 6.07) is 26.4. The number of halogens is 1. The molecule has 38 heavy (non-hydrogen) atoms. The fourth-order valence-electron chi connectivity index (χ4n) is 5.58. The van der Waals surface area contributed by atoms with Crippen molar-refractivity contribution in [2.24, 2.45) is 0 Å². The van der Waals surface area contributed by atoms with Gasteiger partial charge < -0.3 is 31.5 Å². The van der Waals surface area contributed by atoms with Crippen molar-refractivity contribution in [2.75, 3.05) is 45.1 Å². The summed E-state index contributed by atoms with van der Waals surface area (Å²) >= 11 is 0. The molecule has 196 valence electrons. The van der Waals surface area contributed by atoms with E-state index in [0.29, 0.717) is 0 Å². The summed E-state index contributed by atoms with van der Waals surface area (Å²) in [4.78, 5) is 4.31. The molecule has 5 aromatic rings. The summed E-state index contributed by atoms with van der Waals surface area (Å²) in [6.07, 6.45) is 0. The summed E-state index contributed by atoms with van der Waals surface area (Å²) in [5, 5.41) is 2.32. The number of ether oxygens (including phenoxy) is 1. The van der Waals surface area contributed by atoms with Gasteiger partial charge in [0.05, 0.1) is 17.9 Å². The molecule has 1 heterocycles. The monoisotopic (exact) mass is 569 g/mol. The van der Waals surface area contributed by atoms with Gasteiger partial charge in [-0.2, -0.15) is 4.57 Å². The van der Waals surface area contributed by atoms with Gasteiger partial charge >= 0.3 is 0 Å². The van der Waals surface area contributed by atoms with Gasteiger partial charge in [0.25, 0.3) is 0 Å². The van der Waals surface area contributed by atoms with Crippen LogP contribution >= 0.6 is 0 Å². The molecule has 0 saturated carbocycles. The van der Waals surface area contributed by atoms with Crippen LogP contribution in [0, 0.1) is 20.8 Å². The third-order valence-corrected chi connectivity index (χ3v) is 7.24. The number of anilines is 2. The molecule has 0 spiro atoms. The topological polar surface area (TPSA) is 19.6 Å². The zero-order valence-corrected chi connectivity index (χ0v) is 25.1. The van der Waals surface area contributed by atoms with Gasteiger partial charge in [-0.05, 0) is 49.6 Å². The molecule has 0 unspecified atom stereocenters. The van der Waals surface area contributed by atoms with Gasteiger partial charge in [-0.3, -0.25) is 0 Å². The van der Waals surface area contributed by atoms with Crippen molar-refractivity contribution in [3.8, 4) is 22.6 Å². The van der Waals surface area contributed by atoms with Crippen LogP contribution in [0.25, 0.3) is 38.6 Å². The Kier molecular flexibility index (Phi) is 7.70. The lowest BCUT2D eigenvalue weighted by atomic mass is 9.88. The Balaban J connectivity index is 0.00000336. The molecule has 5 rings (SSSR count). The van der Waals surface area contributed by atoms with Crippen LogP contribution in [0.2, 0.25) is 0 Å². The molecule has 0 bridgehead atoms. The summed E-state index contributed by atoms with van der Waals surface area (Å²) in [5.41, 5.74) is 12.0. The van der Waals surface area contributed by atoms with Gasteiger partial charge in [0, 0.05) is 75.5 Å². The highest BCUT2D eigenvalue weighted by Gasteiger charge is 2.28. The molecule has 0 aliphatic rings. The Bertz CT molecular complexity index is 1620. The van der Waals surface area contributed by atoms with E-state index in [1.54, 1.807) is 7.11 Å². The molecule has 0 saturated heterocycles. The fraction of sp³-hybridized carbons (Fsp3) is 0.242. The molecule has 0 aliphatic heterocycles. The van der Waals surface area contributed by atoms with Crippen molar-refractivity contribution in [3.05, 3.63) is 89.5 Å². The van der Waals surface area contributed by atoms with Crippen LogP contribution in [0.5, 0.6) is 5.75 Å². The number of methoxy groups -OCH3 is 1. The first kappa shape index (κ1) is 27.5. The Hall–Kier alpha value is -3.57. The third-order valence-electron chi connectivity index (χ3n) is 7.24. The molecule has 5 heteroatoms. The van der Waals surface area contributed by atoms with Crippen molar-refractivity contribution in [1.29, 1.82) is 0 Å². The lowest BCUT2D eigenvalue weighted by Crippen LogP contribution is -3.00. The summed E-state index contributed by atoms with van der Waals surface area (Å²) in [6.45, 7) is 6.62. The average Bonchev–Trinajstić information content (AvgIpc) is 2.87. The number of rotatable bonds is 5. The van der Waals surface area contributed by atoms with Crippen LogP contribution in [0.4, 0.5) is 11.4 Å². The number of benzene rings is 4. The number of para-hydroxylation sites is 1. The van der Waals surface area contributed by atoms with E-state index in [4.69, 9.17) is 4.74 Å². The van der Waals surface area contributed by atoms with Gasteiger partial charge in [0.2, 0.25) is 16.7 Å². The molecule has 0 N–H and O–H groups in total. The van der Waals surface area contributed by atoms with Gasteiger partial charge in [0.15, 0.2) is 0 Å². The van der Waals surface area contributed by atoms with E-state index >= 15 is 0 Å². The first-order chi connectivity index (χ1) is 17.7. The van der Waals surface area contributed by atoms with Crippen LogP contribution in [-0.4, -0.2) is 35.3 Å². The normalized spacial score (nSPS) is 10.9. The molecule has 4 nitrogen and oxygen atoms in total. The van der Waals surface area contributed by atoms with E-state index in [-0.39, 0.29) is 17.0 Å². The molecule has 0 amide bonds. The molecular formula is C33H36BrN3O. The van der Waals surface area contributed by atoms with Crippen LogP contribution in [0.3, 0.4) is 0 Å². The zero-order valence-electron chi connectivity index (χ0n) is 23.6. The molecule has 0 aliphatic carbocycles. The summed E-state index contributed by atoms with van der Waals surface area (Å²) in [7, 11) is 10.1. The van der Waals surface area contributed by atoms with Gasteiger partial charge in [-0.15, -0.1) is 0 Å². The third kappa shape index (κ3) is 4.60. The number of fused-ring (bicyclic) bond motifs is 2. The zero-order chi connectivity index (χ0) is 26.4. The Morgan fingerprint density at radius 2 is 1.29 bits per heavy atom. The molecule has 4 aromatic carbocycles. The van der Waals surface area contributed by atoms with E-state index in [0.717, 1.165) is 33.5 Å².